The maximum atomic E-state index is 13.3. The molecule has 2 saturated heterocycles. The van der Waals surface area contributed by atoms with Crippen molar-refractivity contribution in [2.24, 2.45) is 0 Å². The first-order valence-corrected chi connectivity index (χ1v) is 18.1. The lowest BCUT2D eigenvalue weighted by Gasteiger charge is -2.37. The Kier molecular flexibility index (Phi) is 12.4. The van der Waals surface area contributed by atoms with E-state index in [0.717, 1.165) is 92.5 Å². The fraction of sp³-hybridized carbons (Fsp3) is 0.381. The molecule has 0 aromatic heterocycles. The lowest BCUT2D eigenvalue weighted by Crippen LogP contribution is -2.50. The molecule has 4 aromatic carbocycles. The first kappa shape index (κ1) is 37.5. The van der Waals surface area contributed by atoms with E-state index in [0.29, 0.717) is 41.5 Å². The molecule has 2 fully saturated rings. The van der Waals surface area contributed by atoms with E-state index in [-0.39, 0.29) is 11.8 Å². The second kappa shape index (κ2) is 17.5. The zero-order valence-corrected chi connectivity index (χ0v) is 31.4. The van der Waals surface area contributed by atoms with Crippen LogP contribution in [0.1, 0.15) is 27.1 Å². The summed E-state index contributed by atoms with van der Waals surface area (Å²) >= 11 is 0. The Labute approximate surface area is 312 Å². The van der Waals surface area contributed by atoms with Gasteiger partial charge in [-0.3, -0.25) is 19.4 Å². The second-order valence-corrected chi connectivity index (χ2v) is 13.3. The first-order chi connectivity index (χ1) is 25.8. The number of ether oxygens (including phenoxy) is 5. The molecule has 0 spiro atoms. The minimum absolute atomic E-state index is 0.0574. The minimum atomic E-state index is 0.0574. The Morgan fingerprint density at radius 3 is 1.23 bits per heavy atom. The van der Waals surface area contributed by atoms with Crippen LogP contribution in [0.15, 0.2) is 78.9 Å². The van der Waals surface area contributed by atoms with Crippen LogP contribution < -0.4 is 23.7 Å². The average Bonchev–Trinajstić information content (AvgIpc) is 3.22. The van der Waals surface area contributed by atoms with Gasteiger partial charge < -0.3 is 33.5 Å². The van der Waals surface area contributed by atoms with Crippen LogP contribution in [0.2, 0.25) is 0 Å². The zero-order valence-electron chi connectivity index (χ0n) is 31.4. The molecule has 0 radical (unpaired) electrons. The van der Waals surface area contributed by atoms with Crippen molar-refractivity contribution in [2.45, 2.75) is 6.42 Å². The molecule has 11 nitrogen and oxygen atoms in total. The normalized spacial score (nSPS) is 15.2. The molecule has 53 heavy (non-hydrogen) atoms. The fourth-order valence-corrected chi connectivity index (χ4v) is 7.06. The highest BCUT2D eigenvalue weighted by Crippen LogP contribution is 2.41. The van der Waals surface area contributed by atoms with Crippen LogP contribution in [0.4, 0.5) is 0 Å². The lowest BCUT2D eigenvalue weighted by atomic mass is 10.0. The Hall–Kier alpha value is -5.26. The molecule has 0 saturated carbocycles. The van der Waals surface area contributed by atoms with Crippen LogP contribution in [0.5, 0.6) is 28.7 Å². The van der Waals surface area contributed by atoms with Gasteiger partial charge in [0, 0.05) is 69.6 Å². The summed E-state index contributed by atoms with van der Waals surface area (Å²) in [6.07, 6.45) is 1.06. The highest BCUT2D eigenvalue weighted by Gasteiger charge is 2.25. The van der Waals surface area contributed by atoms with E-state index in [1.54, 1.807) is 35.5 Å². The maximum Gasteiger partial charge on any atom is 0.253 e. The molecular formula is C42H50N4O7. The van der Waals surface area contributed by atoms with Crippen molar-refractivity contribution in [3.63, 3.8) is 0 Å². The number of nitrogens with zero attached hydrogens (tertiary/aromatic N) is 4. The molecular weight excluding hydrogens is 672 g/mol. The highest BCUT2D eigenvalue weighted by molar-refractivity contribution is 5.95. The number of hydrogen-bond acceptors (Lipinski definition) is 9. The summed E-state index contributed by atoms with van der Waals surface area (Å²) in [6, 6.07) is 25.0. The summed E-state index contributed by atoms with van der Waals surface area (Å²) in [5.74, 6) is 3.29. The number of piperazine rings is 2. The largest absolute Gasteiger partial charge is 0.497 e. The van der Waals surface area contributed by atoms with Crippen LogP contribution in [-0.2, 0) is 0 Å². The highest BCUT2D eigenvalue weighted by atomic mass is 16.5. The third kappa shape index (κ3) is 8.86. The van der Waals surface area contributed by atoms with Gasteiger partial charge in [-0.25, -0.2) is 0 Å². The Balaban J connectivity index is 0.914. The molecule has 0 atom stereocenters. The Morgan fingerprint density at radius 1 is 0.472 bits per heavy atom. The quantitative estimate of drug-likeness (QED) is 0.173. The number of methoxy groups -OCH3 is 5. The lowest BCUT2D eigenvalue weighted by molar-refractivity contribution is 0.0606. The number of hydrogen-bond donors (Lipinski definition) is 0. The van der Waals surface area contributed by atoms with E-state index in [1.165, 1.54) is 0 Å². The zero-order chi connectivity index (χ0) is 37.3. The summed E-state index contributed by atoms with van der Waals surface area (Å²) in [6.45, 7) is 8.32. The van der Waals surface area contributed by atoms with E-state index >= 15 is 0 Å². The number of benzene rings is 4. The Morgan fingerprint density at radius 2 is 0.868 bits per heavy atom. The molecule has 4 aromatic rings. The molecule has 6 rings (SSSR count). The van der Waals surface area contributed by atoms with E-state index in [1.807, 2.05) is 88.7 Å². The topological polar surface area (TPSA) is 93.3 Å². The van der Waals surface area contributed by atoms with Gasteiger partial charge >= 0.3 is 0 Å². The number of carbonyl (C=O) groups is 2. The van der Waals surface area contributed by atoms with Crippen molar-refractivity contribution in [1.82, 2.24) is 19.6 Å². The van der Waals surface area contributed by atoms with Crippen molar-refractivity contribution in [3.8, 4) is 51.0 Å². The standard InChI is InChI=1S/C42H50N4O7/c1-49-36-25-34(26-37(29-36)50-2)30-7-11-32(12-8-30)41(47)45-21-17-43(18-22-45)15-6-16-44-19-23-46(24-20-44)42(48)33-13-9-31(10-14-33)35-27-38(51-3)40(53-5)39(28-35)52-4/h7-14,25-29H,6,15-24H2,1-5H3. The van der Waals surface area contributed by atoms with Crippen molar-refractivity contribution >= 4 is 11.8 Å². The average molecular weight is 723 g/mol. The molecule has 0 unspecified atom stereocenters. The van der Waals surface area contributed by atoms with Crippen LogP contribution in [0.25, 0.3) is 22.3 Å². The van der Waals surface area contributed by atoms with Crippen molar-refractivity contribution in [3.05, 3.63) is 90.0 Å². The molecule has 2 heterocycles. The predicted molar refractivity (Wildman–Crippen MR) is 206 cm³/mol. The summed E-state index contributed by atoms with van der Waals surface area (Å²) in [7, 11) is 8.05. The SMILES string of the molecule is COc1cc(OC)cc(-c2ccc(C(=O)N3CCN(CCCN4CCN(C(=O)c5ccc(-c6cc(OC)c(OC)c(OC)c6)cc5)CC4)CC3)cc2)c1. The third-order valence-electron chi connectivity index (χ3n) is 10.2. The van der Waals surface area contributed by atoms with Gasteiger partial charge in [-0.1, -0.05) is 24.3 Å². The smallest absolute Gasteiger partial charge is 0.253 e. The van der Waals surface area contributed by atoms with Crippen LogP contribution >= 0.6 is 0 Å². The van der Waals surface area contributed by atoms with Crippen LogP contribution in [-0.4, -0.2) is 132 Å². The van der Waals surface area contributed by atoms with Gasteiger partial charge in [-0.05, 0) is 90.3 Å². The minimum Gasteiger partial charge on any atom is -0.497 e. The van der Waals surface area contributed by atoms with Gasteiger partial charge in [0.05, 0.1) is 35.5 Å². The van der Waals surface area contributed by atoms with E-state index in [4.69, 9.17) is 23.7 Å². The number of rotatable bonds is 13. The summed E-state index contributed by atoms with van der Waals surface area (Å²) in [4.78, 5) is 35.4. The Bertz CT molecular complexity index is 1800. The molecule has 280 valence electrons. The van der Waals surface area contributed by atoms with Gasteiger partial charge in [0.1, 0.15) is 11.5 Å². The maximum absolute atomic E-state index is 13.3. The molecule has 2 amide bonds. The summed E-state index contributed by atoms with van der Waals surface area (Å²) < 4.78 is 27.3. The number of amides is 2. The fourth-order valence-electron chi connectivity index (χ4n) is 7.06. The van der Waals surface area contributed by atoms with Crippen LogP contribution in [0.3, 0.4) is 0 Å². The van der Waals surface area contributed by atoms with Crippen LogP contribution in [0, 0.1) is 0 Å². The molecule has 0 N–H and O–H groups in total. The van der Waals surface area contributed by atoms with Gasteiger partial charge in [0.25, 0.3) is 11.8 Å². The summed E-state index contributed by atoms with van der Waals surface area (Å²) in [5, 5.41) is 0. The predicted octanol–water partition coefficient (Wildman–Crippen LogP) is 5.67. The molecule has 0 bridgehead atoms. The van der Waals surface area contributed by atoms with Crippen molar-refractivity contribution in [1.29, 1.82) is 0 Å². The van der Waals surface area contributed by atoms with Gasteiger partial charge in [0.2, 0.25) is 5.75 Å². The van der Waals surface area contributed by atoms with Gasteiger partial charge in [0.15, 0.2) is 11.5 Å². The van der Waals surface area contributed by atoms with Crippen molar-refractivity contribution in [2.75, 3.05) is 101 Å². The molecule has 11 heteroatoms. The van der Waals surface area contributed by atoms with E-state index in [9.17, 15) is 9.59 Å². The molecule has 2 aliphatic rings. The molecule has 2 aliphatic heterocycles. The number of carbonyl (C=O) groups excluding carboxylic acids is 2. The second-order valence-electron chi connectivity index (χ2n) is 13.3. The third-order valence-corrected chi connectivity index (χ3v) is 10.2. The van der Waals surface area contributed by atoms with E-state index < -0.39 is 0 Å². The summed E-state index contributed by atoms with van der Waals surface area (Å²) in [5.41, 5.74) is 5.21. The van der Waals surface area contributed by atoms with Gasteiger partial charge in [-0.15, -0.1) is 0 Å². The monoisotopic (exact) mass is 722 g/mol. The first-order valence-electron chi connectivity index (χ1n) is 18.1. The van der Waals surface area contributed by atoms with Crippen molar-refractivity contribution < 1.29 is 33.3 Å². The molecule has 0 aliphatic carbocycles. The van der Waals surface area contributed by atoms with Gasteiger partial charge in [-0.2, -0.15) is 0 Å². The van der Waals surface area contributed by atoms with E-state index in [2.05, 4.69) is 9.80 Å².